The number of hydrogen-bond acceptors (Lipinski definition) is 3. The van der Waals surface area contributed by atoms with Gasteiger partial charge < -0.3 is 15.2 Å². The highest BCUT2D eigenvalue weighted by atomic mass is 35.5. The van der Waals surface area contributed by atoms with E-state index in [0.717, 1.165) is 0 Å². The smallest absolute Gasteiger partial charge is 0.142 e. The molecule has 0 radical (unpaired) electrons. The lowest BCUT2D eigenvalue weighted by atomic mass is 10.1. The second kappa shape index (κ2) is 6.52. The molecular weight excluding hydrogens is 316 g/mol. The second-order valence-electron chi connectivity index (χ2n) is 4.53. The first-order valence-corrected chi connectivity index (χ1v) is 6.98. The van der Waals surface area contributed by atoms with Gasteiger partial charge in [0.15, 0.2) is 0 Å². The fourth-order valence-corrected chi connectivity index (χ4v) is 2.23. The summed E-state index contributed by atoms with van der Waals surface area (Å²) in [4.78, 5) is 0. The third-order valence-corrected chi connectivity index (χ3v) is 3.62. The van der Waals surface area contributed by atoms with Crippen molar-refractivity contribution >= 4 is 23.2 Å². The number of halogens is 3. The van der Waals surface area contributed by atoms with Gasteiger partial charge in [-0.05, 0) is 32.2 Å². The van der Waals surface area contributed by atoms with Crippen LogP contribution in [-0.4, -0.2) is 12.2 Å². The van der Waals surface area contributed by atoms with Gasteiger partial charge in [-0.1, -0.05) is 23.2 Å². The van der Waals surface area contributed by atoms with Crippen molar-refractivity contribution in [2.75, 3.05) is 7.05 Å². The van der Waals surface area contributed by atoms with Crippen LogP contribution in [0.5, 0.6) is 17.2 Å². The van der Waals surface area contributed by atoms with Crippen molar-refractivity contribution in [1.29, 1.82) is 0 Å². The fourth-order valence-electron chi connectivity index (χ4n) is 1.87. The Kier molecular flexibility index (Phi) is 4.93. The van der Waals surface area contributed by atoms with Gasteiger partial charge in [0, 0.05) is 23.7 Å². The van der Waals surface area contributed by atoms with Crippen molar-refractivity contribution in [2.45, 2.75) is 13.5 Å². The van der Waals surface area contributed by atoms with E-state index >= 15 is 0 Å². The van der Waals surface area contributed by atoms with E-state index in [0.29, 0.717) is 29.2 Å². The summed E-state index contributed by atoms with van der Waals surface area (Å²) in [6.45, 7) is 2.10. The molecule has 6 heteroatoms. The van der Waals surface area contributed by atoms with Crippen molar-refractivity contribution < 1.29 is 14.2 Å². The standard InChI is InChI=1S/C15H14Cl2FNO2/c1-8-13(4-3-10(16)15(8)20)21-14-6-11(17)12(18)5-9(14)7-19-2/h3-6,19-20H,7H2,1-2H3. The molecule has 2 N–H and O–H groups in total. The lowest BCUT2D eigenvalue weighted by molar-refractivity contribution is 0.444. The summed E-state index contributed by atoms with van der Waals surface area (Å²) in [5, 5.41) is 13.0. The van der Waals surface area contributed by atoms with Gasteiger partial charge in [0.25, 0.3) is 0 Å². The van der Waals surface area contributed by atoms with Crippen LogP contribution in [0.1, 0.15) is 11.1 Å². The van der Waals surface area contributed by atoms with Gasteiger partial charge in [-0.25, -0.2) is 4.39 Å². The third-order valence-electron chi connectivity index (χ3n) is 3.02. The van der Waals surface area contributed by atoms with Crippen LogP contribution in [0.25, 0.3) is 0 Å². The van der Waals surface area contributed by atoms with E-state index < -0.39 is 5.82 Å². The quantitative estimate of drug-likeness (QED) is 0.857. The number of phenols is 1. The number of ether oxygens (including phenoxy) is 1. The number of rotatable bonds is 4. The zero-order valence-electron chi connectivity index (χ0n) is 11.5. The highest BCUT2D eigenvalue weighted by Gasteiger charge is 2.14. The summed E-state index contributed by atoms with van der Waals surface area (Å²) in [6.07, 6.45) is 0. The number of hydrogen-bond donors (Lipinski definition) is 2. The van der Waals surface area contributed by atoms with Crippen LogP contribution < -0.4 is 10.1 Å². The minimum atomic E-state index is -0.509. The van der Waals surface area contributed by atoms with Gasteiger partial charge in [0.2, 0.25) is 0 Å². The van der Waals surface area contributed by atoms with E-state index in [9.17, 15) is 9.50 Å². The molecule has 0 heterocycles. The maximum Gasteiger partial charge on any atom is 0.142 e. The zero-order valence-corrected chi connectivity index (χ0v) is 13.0. The maximum absolute atomic E-state index is 13.5. The molecule has 21 heavy (non-hydrogen) atoms. The van der Waals surface area contributed by atoms with Crippen molar-refractivity contribution in [3.8, 4) is 17.2 Å². The molecule has 112 valence electrons. The summed E-state index contributed by atoms with van der Waals surface area (Å²) >= 11 is 11.6. The van der Waals surface area contributed by atoms with Crippen LogP contribution in [0.3, 0.4) is 0 Å². The molecule has 0 unspecified atom stereocenters. The summed E-state index contributed by atoms with van der Waals surface area (Å²) in [7, 11) is 1.75. The van der Waals surface area contributed by atoms with Crippen molar-refractivity contribution in [3.05, 3.63) is 51.3 Å². The molecule has 0 spiro atoms. The summed E-state index contributed by atoms with van der Waals surface area (Å²) in [6, 6.07) is 5.90. The van der Waals surface area contributed by atoms with Crippen molar-refractivity contribution in [3.63, 3.8) is 0 Å². The van der Waals surface area contributed by atoms with E-state index in [-0.39, 0.29) is 15.8 Å². The molecule has 0 saturated heterocycles. The number of benzene rings is 2. The predicted octanol–water partition coefficient (Wildman–Crippen LogP) is 4.66. The first-order valence-electron chi connectivity index (χ1n) is 6.22. The van der Waals surface area contributed by atoms with E-state index in [2.05, 4.69) is 5.32 Å². The SMILES string of the molecule is CNCc1cc(F)c(Cl)cc1Oc1ccc(Cl)c(O)c1C. The molecule has 0 aliphatic carbocycles. The predicted molar refractivity (Wildman–Crippen MR) is 82.1 cm³/mol. The van der Waals surface area contributed by atoms with Crippen LogP contribution in [0.15, 0.2) is 24.3 Å². The van der Waals surface area contributed by atoms with Crippen LogP contribution in [-0.2, 0) is 6.54 Å². The first-order chi connectivity index (χ1) is 9.93. The number of phenolic OH excluding ortho intramolecular Hbond substituents is 1. The molecule has 0 aliphatic heterocycles. The molecule has 0 bridgehead atoms. The van der Waals surface area contributed by atoms with E-state index in [1.807, 2.05) is 0 Å². The zero-order chi connectivity index (χ0) is 15.6. The highest BCUT2D eigenvalue weighted by Crippen LogP contribution is 2.37. The molecule has 0 atom stereocenters. The lowest BCUT2D eigenvalue weighted by Crippen LogP contribution is -2.07. The Hall–Kier alpha value is -1.49. The van der Waals surface area contributed by atoms with E-state index in [1.54, 1.807) is 20.0 Å². The van der Waals surface area contributed by atoms with Crippen LogP contribution in [0, 0.1) is 12.7 Å². The summed E-state index contributed by atoms with van der Waals surface area (Å²) < 4.78 is 19.3. The molecule has 0 aromatic heterocycles. The number of aromatic hydroxyl groups is 1. The average molecular weight is 330 g/mol. The molecule has 2 aromatic rings. The maximum atomic E-state index is 13.5. The van der Waals surface area contributed by atoms with Crippen molar-refractivity contribution in [1.82, 2.24) is 5.32 Å². The van der Waals surface area contributed by atoms with Gasteiger partial charge >= 0.3 is 0 Å². The summed E-state index contributed by atoms with van der Waals surface area (Å²) in [5.74, 6) is 0.292. The highest BCUT2D eigenvalue weighted by molar-refractivity contribution is 6.32. The Morgan fingerprint density at radius 2 is 1.90 bits per heavy atom. The van der Waals surface area contributed by atoms with Gasteiger partial charge in [-0.3, -0.25) is 0 Å². The third kappa shape index (κ3) is 3.40. The van der Waals surface area contributed by atoms with Gasteiger partial charge in [0.05, 0.1) is 10.0 Å². The van der Waals surface area contributed by atoms with Gasteiger partial charge in [-0.2, -0.15) is 0 Å². The first kappa shape index (κ1) is 15.9. The molecule has 0 amide bonds. The monoisotopic (exact) mass is 329 g/mol. The average Bonchev–Trinajstić information content (AvgIpc) is 2.45. The van der Waals surface area contributed by atoms with Gasteiger partial charge in [-0.15, -0.1) is 0 Å². The molecule has 3 nitrogen and oxygen atoms in total. The molecular formula is C15H14Cl2FNO2. The Bertz CT molecular complexity index is 677. The topological polar surface area (TPSA) is 41.5 Å². The lowest BCUT2D eigenvalue weighted by Gasteiger charge is -2.14. The largest absolute Gasteiger partial charge is 0.506 e. The fraction of sp³-hybridized carbons (Fsp3) is 0.200. The normalized spacial score (nSPS) is 10.7. The Morgan fingerprint density at radius 3 is 2.57 bits per heavy atom. The van der Waals surface area contributed by atoms with Crippen LogP contribution in [0.4, 0.5) is 4.39 Å². The van der Waals surface area contributed by atoms with E-state index in [4.69, 9.17) is 27.9 Å². The van der Waals surface area contributed by atoms with Crippen LogP contribution >= 0.6 is 23.2 Å². The second-order valence-corrected chi connectivity index (χ2v) is 5.34. The van der Waals surface area contributed by atoms with Gasteiger partial charge in [0.1, 0.15) is 23.1 Å². The molecule has 0 aliphatic rings. The Labute approximate surface area is 132 Å². The van der Waals surface area contributed by atoms with Crippen LogP contribution in [0.2, 0.25) is 10.0 Å². The minimum absolute atomic E-state index is 0.0271. The molecule has 2 rings (SSSR count). The molecule has 2 aromatic carbocycles. The Morgan fingerprint density at radius 1 is 1.19 bits per heavy atom. The molecule has 0 saturated carbocycles. The summed E-state index contributed by atoms with van der Waals surface area (Å²) in [5.41, 5.74) is 1.12. The number of nitrogens with one attached hydrogen (secondary N) is 1. The Balaban J connectivity index is 2.43. The van der Waals surface area contributed by atoms with E-state index in [1.165, 1.54) is 18.2 Å². The molecule has 0 fully saturated rings. The van der Waals surface area contributed by atoms with Crippen molar-refractivity contribution in [2.24, 2.45) is 0 Å². The minimum Gasteiger partial charge on any atom is -0.506 e.